The first-order valence-corrected chi connectivity index (χ1v) is 8.53. The van der Waals surface area contributed by atoms with Crippen molar-refractivity contribution in [3.8, 4) is 0 Å². The van der Waals surface area contributed by atoms with Crippen molar-refractivity contribution in [1.29, 1.82) is 0 Å². The molecule has 2 aromatic rings. The zero-order chi connectivity index (χ0) is 17.8. The highest BCUT2D eigenvalue weighted by Gasteiger charge is 2.31. The van der Waals surface area contributed by atoms with Gasteiger partial charge in [-0.1, -0.05) is 36.4 Å². The van der Waals surface area contributed by atoms with Crippen molar-refractivity contribution in [2.75, 3.05) is 6.54 Å². The fraction of sp³-hybridized carbons (Fsp3) is 0.350. The molecule has 132 valence electrons. The summed E-state index contributed by atoms with van der Waals surface area (Å²) in [5, 5.41) is 19.8. The molecule has 1 aliphatic heterocycles. The fourth-order valence-corrected chi connectivity index (χ4v) is 3.54. The summed E-state index contributed by atoms with van der Waals surface area (Å²) in [6, 6.07) is 13.3. The molecule has 0 unspecified atom stereocenters. The third-order valence-corrected chi connectivity index (χ3v) is 4.87. The van der Waals surface area contributed by atoms with Crippen molar-refractivity contribution in [2.24, 2.45) is 0 Å². The molecule has 0 spiro atoms. The van der Waals surface area contributed by atoms with Crippen LogP contribution in [0.4, 0.5) is 4.39 Å². The zero-order valence-corrected chi connectivity index (χ0v) is 13.9. The zero-order valence-electron chi connectivity index (χ0n) is 13.9. The van der Waals surface area contributed by atoms with Crippen molar-refractivity contribution in [2.45, 2.75) is 38.0 Å². The monoisotopic (exact) mass is 343 g/mol. The molecule has 2 N–H and O–H groups in total. The summed E-state index contributed by atoms with van der Waals surface area (Å²) >= 11 is 0. The van der Waals surface area contributed by atoms with Crippen LogP contribution >= 0.6 is 0 Å². The largest absolute Gasteiger partial charge is 0.478 e. The van der Waals surface area contributed by atoms with E-state index in [0.29, 0.717) is 30.5 Å². The number of hydrogen-bond donors (Lipinski definition) is 2. The molecule has 1 aliphatic rings. The van der Waals surface area contributed by atoms with Gasteiger partial charge in [-0.2, -0.15) is 0 Å². The molecule has 2 atom stereocenters. The Bertz CT molecular complexity index is 749. The van der Waals surface area contributed by atoms with E-state index in [0.717, 1.165) is 13.0 Å². The highest BCUT2D eigenvalue weighted by atomic mass is 19.1. The molecule has 3 rings (SSSR count). The second-order valence-corrected chi connectivity index (χ2v) is 6.51. The molecule has 1 saturated heterocycles. The summed E-state index contributed by atoms with van der Waals surface area (Å²) in [7, 11) is 0. The van der Waals surface area contributed by atoms with Gasteiger partial charge in [0.1, 0.15) is 5.82 Å². The van der Waals surface area contributed by atoms with Gasteiger partial charge in [0.2, 0.25) is 0 Å². The number of nitrogens with zero attached hydrogens (tertiary/aromatic N) is 1. The van der Waals surface area contributed by atoms with Gasteiger partial charge in [-0.3, -0.25) is 4.90 Å². The first-order chi connectivity index (χ1) is 12.1. The van der Waals surface area contributed by atoms with Gasteiger partial charge in [0, 0.05) is 12.6 Å². The molecule has 5 heteroatoms. The van der Waals surface area contributed by atoms with Crippen LogP contribution in [0.2, 0.25) is 0 Å². The van der Waals surface area contributed by atoms with E-state index in [9.17, 15) is 19.4 Å². The van der Waals surface area contributed by atoms with Gasteiger partial charge in [-0.15, -0.1) is 0 Å². The normalized spacial score (nSPS) is 21.2. The summed E-state index contributed by atoms with van der Waals surface area (Å²) in [5.41, 5.74) is 1.56. The molecule has 4 nitrogen and oxygen atoms in total. The minimum atomic E-state index is -0.959. The quantitative estimate of drug-likeness (QED) is 0.876. The molecular weight excluding hydrogens is 321 g/mol. The van der Waals surface area contributed by atoms with Gasteiger partial charge < -0.3 is 10.2 Å². The highest BCUT2D eigenvalue weighted by molar-refractivity contribution is 5.89. The maximum atomic E-state index is 14.0. The van der Waals surface area contributed by atoms with E-state index >= 15 is 0 Å². The van der Waals surface area contributed by atoms with Crippen LogP contribution in [-0.4, -0.2) is 39.8 Å². The molecule has 0 amide bonds. The Morgan fingerprint density at radius 3 is 2.52 bits per heavy atom. The third-order valence-electron chi connectivity index (χ3n) is 4.87. The van der Waals surface area contributed by atoms with Crippen LogP contribution in [0.3, 0.4) is 0 Å². The third kappa shape index (κ3) is 4.06. The van der Waals surface area contributed by atoms with Crippen LogP contribution in [0.5, 0.6) is 0 Å². The second kappa shape index (κ2) is 7.76. The van der Waals surface area contributed by atoms with Crippen LogP contribution in [0.15, 0.2) is 48.5 Å². The molecule has 0 saturated carbocycles. The number of aliphatic hydroxyl groups is 1. The Balaban J connectivity index is 1.83. The van der Waals surface area contributed by atoms with Crippen molar-refractivity contribution in [1.82, 2.24) is 4.90 Å². The minimum Gasteiger partial charge on any atom is -0.478 e. The lowest BCUT2D eigenvalue weighted by molar-refractivity contribution is 0.00624. The molecule has 0 bridgehead atoms. The maximum absolute atomic E-state index is 14.0. The SMILES string of the molecule is O=C(O)c1ccccc1CN1CCC[C@H](O)[C@@H]1Cc1ccccc1F. The van der Waals surface area contributed by atoms with E-state index < -0.39 is 12.1 Å². The van der Waals surface area contributed by atoms with Gasteiger partial charge in [0.05, 0.1) is 11.7 Å². The Hall–Kier alpha value is -2.24. The van der Waals surface area contributed by atoms with Crippen LogP contribution in [0.1, 0.15) is 34.3 Å². The summed E-state index contributed by atoms with van der Waals surface area (Å²) in [6.45, 7) is 1.18. The second-order valence-electron chi connectivity index (χ2n) is 6.51. The Morgan fingerprint density at radius 2 is 1.80 bits per heavy atom. The number of likely N-dealkylation sites (tertiary alicyclic amines) is 1. The molecule has 1 fully saturated rings. The van der Waals surface area contributed by atoms with Crippen molar-refractivity contribution >= 4 is 5.97 Å². The number of carboxylic acids is 1. The number of carbonyl (C=O) groups is 1. The number of aromatic carboxylic acids is 1. The summed E-state index contributed by atoms with van der Waals surface area (Å²) in [5.74, 6) is -1.23. The Labute approximate surface area is 146 Å². The van der Waals surface area contributed by atoms with E-state index in [1.54, 1.807) is 36.4 Å². The van der Waals surface area contributed by atoms with Crippen molar-refractivity contribution in [3.63, 3.8) is 0 Å². The fourth-order valence-electron chi connectivity index (χ4n) is 3.54. The van der Waals surface area contributed by atoms with Gasteiger partial charge in [-0.05, 0) is 49.1 Å². The average molecular weight is 343 g/mol. The number of halogens is 1. The maximum Gasteiger partial charge on any atom is 0.336 e. The lowest BCUT2D eigenvalue weighted by Gasteiger charge is -2.39. The number of piperidine rings is 1. The number of carboxylic acid groups (broad SMARTS) is 1. The van der Waals surface area contributed by atoms with Crippen LogP contribution in [0, 0.1) is 5.82 Å². The molecule has 0 aromatic heterocycles. The molecule has 25 heavy (non-hydrogen) atoms. The average Bonchev–Trinajstić information content (AvgIpc) is 2.60. The van der Waals surface area contributed by atoms with Gasteiger partial charge in [0.15, 0.2) is 0 Å². The number of benzene rings is 2. The van der Waals surface area contributed by atoms with Gasteiger partial charge >= 0.3 is 5.97 Å². The van der Waals surface area contributed by atoms with E-state index in [4.69, 9.17) is 0 Å². The molecular formula is C20H22FNO3. The molecule has 0 aliphatic carbocycles. The highest BCUT2D eigenvalue weighted by Crippen LogP contribution is 2.25. The first-order valence-electron chi connectivity index (χ1n) is 8.53. The van der Waals surface area contributed by atoms with Crippen LogP contribution in [-0.2, 0) is 13.0 Å². The van der Waals surface area contributed by atoms with Gasteiger partial charge in [0.25, 0.3) is 0 Å². The number of hydrogen-bond acceptors (Lipinski definition) is 3. The van der Waals surface area contributed by atoms with E-state index in [1.807, 2.05) is 6.07 Å². The van der Waals surface area contributed by atoms with Crippen molar-refractivity contribution < 1.29 is 19.4 Å². The van der Waals surface area contributed by atoms with Crippen LogP contribution in [0.25, 0.3) is 0 Å². The Kier molecular flexibility index (Phi) is 5.46. The summed E-state index contributed by atoms with van der Waals surface area (Å²) in [6.07, 6.45) is 1.37. The molecule has 0 radical (unpaired) electrons. The standard InChI is InChI=1S/C20H22FNO3/c21-17-9-4-2-6-14(17)12-18-19(23)10-5-11-22(18)13-15-7-1-3-8-16(15)20(24)25/h1-4,6-9,18-19,23H,5,10-13H2,(H,24,25)/t18-,19-/m0/s1. The summed E-state index contributed by atoms with van der Waals surface area (Å²) < 4.78 is 14.0. The van der Waals surface area contributed by atoms with E-state index in [-0.39, 0.29) is 17.4 Å². The lowest BCUT2D eigenvalue weighted by atomic mass is 9.92. The topological polar surface area (TPSA) is 60.8 Å². The van der Waals surface area contributed by atoms with Gasteiger partial charge in [-0.25, -0.2) is 9.18 Å². The van der Waals surface area contributed by atoms with Crippen LogP contribution < -0.4 is 0 Å². The molecule has 2 aromatic carbocycles. The smallest absolute Gasteiger partial charge is 0.336 e. The Morgan fingerprint density at radius 1 is 1.12 bits per heavy atom. The lowest BCUT2D eigenvalue weighted by Crippen LogP contribution is -2.49. The summed E-state index contributed by atoms with van der Waals surface area (Å²) in [4.78, 5) is 13.5. The number of rotatable bonds is 5. The molecule has 1 heterocycles. The van der Waals surface area contributed by atoms with E-state index in [1.165, 1.54) is 6.07 Å². The minimum absolute atomic E-state index is 0.229. The van der Waals surface area contributed by atoms with E-state index in [2.05, 4.69) is 4.90 Å². The predicted molar refractivity (Wildman–Crippen MR) is 92.9 cm³/mol. The number of aliphatic hydroxyl groups excluding tert-OH is 1. The van der Waals surface area contributed by atoms with Crippen molar-refractivity contribution in [3.05, 3.63) is 71.0 Å². The first kappa shape index (κ1) is 17.6. The predicted octanol–water partition coefficient (Wildman–Crippen LogP) is 3.09.